The molecule has 25 heavy (non-hydrogen) atoms. The van der Waals surface area contributed by atoms with Crippen molar-refractivity contribution >= 4 is 11.9 Å². The second-order valence-electron chi connectivity index (χ2n) is 6.46. The Balaban J connectivity index is 1.80. The van der Waals surface area contributed by atoms with E-state index < -0.39 is 23.9 Å². The maximum Gasteiger partial charge on any atom is 0.387 e. The number of ether oxygens (including phenoxy) is 2. The Morgan fingerprint density at radius 3 is 2.68 bits per heavy atom. The molecule has 1 atom stereocenters. The number of carbonyl (C=O) groups is 2. The van der Waals surface area contributed by atoms with Crippen molar-refractivity contribution in [3.05, 3.63) is 29.8 Å². The van der Waals surface area contributed by atoms with Crippen molar-refractivity contribution in [1.29, 1.82) is 0 Å². The second kappa shape index (κ2) is 6.95. The van der Waals surface area contributed by atoms with Gasteiger partial charge in [-0.2, -0.15) is 8.78 Å². The molecule has 2 aliphatic rings. The van der Waals surface area contributed by atoms with Crippen molar-refractivity contribution in [1.82, 2.24) is 4.90 Å². The summed E-state index contributed by atoms with van der Waals surface area (Å²) in [6, 6.07) is 5.55. The number of halogens is 2. The Morgan fingerprint density at radius 1 is 1.32 bits per heavy atom. The predicted octanol–water partition coefficient (Wildman–Crippen LogP) is 2.24. The Kier molecular flexibility index (Phi) is 4.89. The van der Waals surface area contributed by atoms with E-state index in [1.807, 2.05) is 0 Å². The van der Waals surface area contributed by atoms with Crippen molar-refractivity contribution in [3.8, 4) is 5.75 Å². The van der Waals surface area contributed by atoms with Crippen molar-refractivity contribution in [2.45, 2.75) is 19.5 Å². The first-order valence-corrected chi connectivity index (χ1v) is 8.06. The Hall–Kier alpha value is -2.22. The van der Waals surface area contributed by atoms with Crippen molar-refractivity contribution < 1.29 is 33.0 Å². The van der Waals surface area contributed by atoms with Gasteiger partial charge in [-0.05, 0) is 31.0 Å². The first-order chi connectivity index (χ1) is 11.9. The number of nitrogens with zero attached hydrogens (tertiary/aromatic N) is 1. The van der Waals surface area contributed by atoms with E-state index in [0.717, 1.165) is 0 Å². The zero-order chi connectivity index (χ0) is 18.0. The first-order valence-electron chi connectivity index (χ1n) is 8.06. The zero-order valence-corrected chi connectivity index (χ0v) is 13.5. The smallest absolute Gasteiger partial charge is 0.387 e. The fourth-order valence-electron chi connectivity index (χ4n) is 3.74. The molecule has 1 N–H and O–H groups in total. The lowest BCUT2D eigenvalue weighted by molar-refractivity contribution is -0.146. The molecule has 2 saturated heterocycles. The molecule has 6 nitrogen and oxygen atoms in total. The van der Waals surface area contributed by atoms with Crippen molar-refractivity contribution in [2.24, 2.45) is 11.3 Å². The minimum atomic E-state index is -2.97. The van der Waals surface area contributed by atoms with Crippen molar-refractivity contribution in [3.63, 3.8) is 0 Å². The van der Waals surface area contributed by atoms with Gasteiger partial charge in [0.15, 0.2) is 0 Å². The van der Waals surface area contributed by atoms with E-state index in [0.29, 0.717) is 32.6 Å². The van der Waals surface area contributed by atoms with E-state index in [1.165, 1.54) is 29.2 Å². The highest BCUT2D eigenvalue weighted by Gasteiger charge is 2.52. The molecule has 2 heterocycles. The van der Waals surface area contributed by atoms with Crippen molar-refractivity contribution in [2.75, 3.05) is 26.3 Å². The van der Waals surface area contributed by atoms with Crippen LogP contribution in [0.15, 0.2) is 24.3 Å². The molecule has 1 spiro atoms. The van der Waals surface area contributed by atoms with E-state index >= 15 is 0 Å². The highest BCUT2D eigenvalue weighted by Crippen LogP contribution is 2.44. The summed E-state index contributed by atoms with van der Waals surface area (Å²) in [6.07, 6.45) is 1.17. The number of hydrogen-bond donors (Lipinski definition) is 1. The number of likely N-dealkylation sites (tertiary alicyclic amines) is 1. The van der Waals surface area contributed by atoms with Crippen LogP contribution in [0.3, 0.4) is 0 Å². The molecular formula is C17H19F2NO5. The third-order valence-corrected chi connectivity index (χ3v) is 5.03. The highest BCUT2D eigenvalue weighted by molar-refractivity contribution is 5.95. The van der Waals surface area contributed by atoms with Gasteiger partial charge in [0.1, 0.15) is 5.75 Å². The molecule has 1 aromatic carbocycles. The van der Waals surface area contributed by atoms with Gasteiger partial charge in [-0.25, -0.2) is 0 Å². The molecule has 2 fully saturated rings. The number of hydrogen-bond acceptors (Lipinski definition) is 4. The molecule has 0 aliphatic carbocycles. The normalized spacial score (nSPS) is 22.4. The van der Waals surface area contributed by atoms with Crippen LogP contribution in [0.1, 0.15) is 23.2 Å². The summed E-state index contributed by atoms with van der Waals surface area (Å²) < 4.78 is 34.3. The quantitative estimate of drug-likeness (QED) is 0.896. The molecule has 136 valence electrons. The monoisotopic (exact) mass is 355 g/mol. The predicted molar refractivity (Wildman–Crippen MR) is 82.6 cm³/mol. The molecule has 0 bridgehead atoms. The maximum absolute atomic E-state index is 12.7. The number of aliphatic carboxylic acids is 1. The summed E-state index contributed by atoms with van der Waals surface area (Å²) >= 11 is 0. The van der Waals surface area contributed by atoms with Gasteiger partial charge >= 0.3 is 12.6 Å². The number of rotatable bonds is 4. The maximum atomic E-state index is 12.7. The summed E-state index contributed by atoms with van der Waals surface area (Å²) in [5, 5.41) is 9.56. The van der Waals surface area contributed by atoms with Crippen LogP contribution < -0.4 is 4.74 Å². The fourth-order valence-corrected chi connectivity index (χ4v) is 3.74. The van der Waals surface area contributed by atoms with Crippen LogP contribution in [0.5, 0.6) is 5.75 Å². The third kappa shape index (κ3) is 3.58. The lowest BCUT2D eigenvalue weighted by Crippen LogP contribution is -2.40. The van der Waals surface area contributed by atoms with Crippen LogP contribution in [0.4, 0.5) is 8.78 Å². The molecule has 1 aromatic rings. The van der Waals surface area contributed by atoms with Crippen LogP contribution in [-0.2, 0) is 9.53 Å². The summed E-state index contributed by atoms with van der Waals surface area (Å²) in [4.78, 5) is 25.9. The summed E-state index contributed by atoms with van der Waals surface area (Å²) in [5.41, 5.74) is -0.289. The van der Waals surface area contributed by atoms with Crippen LogP contribution >= 0.6 is 0 Å². The molecular weight excluding hydrogens is 336 g/mol. The van der Waals surface area contributed by atoms with E-state index in [4.69, 9.17) is 4.74 Å². The lowest BCUT2D eigenvalue weighted by Gasteiger charge is -2.36. The molecule has 8 heteroatoms. The number of alkyl halides is 2. The van der Waals surface area contributed by atoms with Crippen LogP contribution in [0.25, 0.3) is 0 Å². The van der Waals surface area contributed by atoms with Crippen LogP contribution in [0.2, 0.25) is 0 Å². The van der Waals surface area contributed by atoms with Gasteiger partial charge in [0, 0.05) is 37.3 Å². The van der Waals surface area contributed by atoms with Gasteiger partial charge in [-0.15, -0.1) is 0 Å². The Bertz CT molecular complexity index is 660. The average molecular weight is 355 g/mol. The van der Waals surface area contributed by atoms with Crippen LogP contribution in [0, 0.1) is 11.3 Å². The van der Waals surface area contributed by atoms with Gasteiger partial charge in [0.05, 0.1) is 5.92 Å². The van der Waals surface area contributed by atoms with Gasteiger partial charge in [0.25, 0.3) is 5.91 Å². The minimum absolute atomic E-state index is 0.101. The first kappa shape index (κ1) is 17.6. The highest BCUT2D eigenvalue weighted by atomic mass is 19.3. The van der Waals surface area contributed by atoms with Gasteiger partial charge in [0.2, 0.25) is 0 Å². The molecule has 1 amide bonds. The van der Waals surface area contributed by atoms with E-state index in [9.17, 15) is 23.5 Å². The number of amides is 1. The molecule has 0 aromatic heterocycles. The van der Waals surface area contributed by atoms with Crippen LogP contribution in [-0.4, -0.2) is 54.8 Å². The second-order valence-corrected chi connectivity index (χ2v) is 6.46. The topological polar surface area (TPSA) is 76.1 Å². The molecule has 0 saturated carbocycles. The third-order valence-electron chi connectivity index (χ3n) is 5.03. The number of carboxylic acid groups (broad SMARTS) is 1. The summed E-state index contributed by atoms with van der Waals surface area (Å²) in [5.74, 6) is -2.06. The lowest BCUT2D eigenvalue weighted by atomic mass is 9.72. The van der Waals surface area contributed by atoms with E-state index in [2.05, 4.69) is 4.74 Å². The number of benzene rings is 1. The number of carboxylic acids is 1. The van der Waals surface area contributed by atoms with Gasteiger partial charge < -0.3 is 19.5 Å². The standard InChI is InChI=1S/C17H19F2NO5/c18-16(19)25-12-3-1-2-11(8-12)14(21)20-9-13(15(22)23)17(10-20)4-6-24-7-5-17/h1-3,8,13,16H,4-7,9-10H2,(H,22,23). The fraction of sp³-hybridized carbons (Fsp3) is 0.529. The minimum Gasteiger partial charge on any atom is -0.481 e. The SMILES string of the molecule is O=C(O)C1CN(C(=O)c2cccc(OC(F)F)c2)CC12CCOCC2. The van der Waals surface area contributed by atoms with E-state index in [1.54, 1.807) is 0 Å². The average Bonchev–Trinajstić information content (AvgIpc) is 2.93. The summed E-state index contributed by atoms with van der Waals surface area (Å²) in [6.45, 7) is -1.59. The zero-order valence-electron chi connectivity index (χ0n) is 13.5. The summed E-state index contributed by atoms with van der Waals surface area (Å²) in [7, 11) is 0. The molecule has 3 rings (SSSR count). The molecule has 0 radical (unpaired) electrons. The Labute approximate surface area is 143 Å². The number of carbonyl (C=O) groups excluding carboxylic acids is 1. The largest absolute Gasteiger partial charge is 0.481 e. The van der Waals surface area contributed by atoms with Gasteiger partial charge in [-0.1, -0.05) is 6.07 Å². The van der Waals surface area contributed by atoms with Gasteiger partial charge in [-0.3, -0.25) is 9.59 Å². The van der Waals surface area contributed by atoms with E-state index in [-0.39, 0.29) is 23.8 Å². The molecule has 1 unspecified atom stereocenters. The Morgan fingerprint density at radius 2 is 2.04 bits per heavy atom. The molecule has 2 aliphatic heterocycles.